The van der Waals surface area contributed by atoms with Crippen LogP contribution in [0.3, 0.4) is 0 Å². The van der Waals surface area contributed by atoms with E-state index in [1.165, 1.54) is 17.2 Å². The van der Waals surface area contributed by atoms with E-state index in [0.717, 1.165) is 0 Å². The maximum Gasteiger partial charge on any atom is 0.170 e. The van der Waals surface area contributed by atoms with E-state index in [0.29, 0.717) is 22.5 Å². The molecule has 102 valence electrons. The molecule has 0 spiro atoms. The molecule has 0 atom stereocenters. The average molecular weight is 279 g/mol. The van der Waals surface area contributed by atoms with Crippen molar-refractivity contribution >= 4 is 16.9 Å². The predicted octanol–water partition coefficient (Wildman–Crippen LogP) is 0.0690. The second kappa shape index (κ2) is 4.58. The molecule has 0 aliphatic rings. The summed E-state index contributed by atoms with van der Waals surface area (Å²) in [5, 5.41) is 26.8. The van der Waals surface area contributed by atoms with Crippen LogP contribution in [0.25, 0.3) is 16.9 Å². The second-order valence-electron chi connectivity index (χ2n) is 4.27. The van der Waals surface area contributed by atoms with Crippen molar-refractivity contribution in [2.24, 2.45) is 7.05 Å². The van der Waals surface area contributed by atoms with Crippen molar-refractivity contribution in [1.82, 2.24) is 29.5 Å². The van der Waals surface area contributed by atoms with Gasteiger partial charge >= 0.3 is 0 Å². The summed E-state index contributed by atoms with van der Waals surface area (Å²) in [6.45, 7) is 0. The van der Waals surface area contributed by atoms with Gasteiger partial charge in [0.25, 0.3) is 0 Å². The van der Waals surface area contributed by atoms with Crippen LogP contribution in [-0.2, 0) is 13.5 Å². The molecular weight excluding hydrogens is 270 g/mol. The molecule has 0 aliphatic carbocycles. The molecule has 0 aromatic carbocycles. The topological polar surface area (TPSA) is 135 Å². The van der Waals surface area contributed by atoms with Crippen LogP contribution in [0.5, 0.6) is 0 Å². The number of nitriles is 2. The monoisotopic (exact) mass is 279 g/mol. The molecule has 0 aliphatic heterocycles. The molecule has 0 bridgehead atoms. The third-order valence-corrected chi connectivity index (χ3v) is 3.05. The van der Waals surface area contributed by atoms with Gasteiger partial charge in [-0.05, 0) is 0 Å². The minimum absolute atomic E-state index is 0.115. The highest BCUT2D eigenvalue weighted by Gasteiger charge is 2.19. The number of anilines is 1. The van der Waals surface area contributed by atoms with Crippen LogP contribution in [0.15, 0.2) is 12.5 Å². The molecule has 0 fully saturated rings. The molecule has 3 heterocycles. The molecule has 21 heavy (non-hydrogen) atoms. The van der Waals surface area contributed by atoms with E-state index in [2.05, 4.69) is 26.2 Å². The van der Waals surface area contributed by atoms with Gasteiger partial charge in [0, 0.05) is 7.05 Å². The molecule has 9 heteroatoms. The lowest BCUT2D eigenvalue weighted by molar-refractivity contribution is 0.767. The van der Waals surface area contributed by atoms with Crippen LogP contribution >= 0.6 is 0 Å². The fraction of sp³-hybridized carbons (Fsp3) is 0.167. The Kier molecular flexibility index (Phi) is 2.74. The normalized spacial score (nSPS) is 10.4. The van der Waals surface area contributed by atoms with Gasteiger partial charge in [0.1, 0.15) is 23.8 Å². The summed E-state index contributed by atoms with van der Waals surface area (Å²) >= 11 is 0. The summed E-state index contributed by atoms with van der Waals surface area (Å²) in [6, 6.07) is 4.01. The number of nitrogens with two attached hydrogens (primary N) is 1. The molecular formula is C12H9N9. The van der Waals surface area contributed by atoms with Gasteiger partial charge in [0.2, 0.25) is 0 Å². The van der Waals surface area contributed by atoms with Crippen LogP contribution in [-0.4, -0.2) is 29.5 Å². The van der Waals surface area contributed by atoms with Crippen molar-refractivity contribution in [1.29, 1.82) is 10.5 Å². The summed E-state index contributed by atoms with van der Waals surface area (Å²) in [5.74, 6) is 0.585. The largest absolute Gasteiger partial charge is 0.382 e. The predicted molar refractivity (Wildman–Crippen MR) is 71.9 cm³/mol. The van der Waals surface area contributed by atoms with Crippen LogP contribution in [0, 0.1) is 22.7 Å². The molecule has 3 rings (SSSR count). The van der Waals surface area contributed by atoms with Gasteiger partial charge in [-0.15, -0.1) is 0 Å². The zero-order chi connectivity index (χ0) is 15.0. The van der Waals surface area contributed by atoms with Crippen molar-refractivity contribution in [2.75, 3.05) is 5.73 Å². The van der Waals surface area contributed by atoms with Crippen molar-refractivity contribution in [3.63, 3.8) is 0 Å². The lowest BCUT2D eigenvalue weighted by Gasteiger charge is -2.04. The Labute approximate surface area is 118 Å². The first-order valence-corrected chi connectivity index (χ1v) is 5.95. The van der Waals surface area contributed by atoms with Gasteiger partial charge in [0.05, 0.1) is 29.8 Å². The van der Waals surface area contributed by atoms with Crippen LogP contribution in [0.4, 0.5) is 5.82 Å². The molecule has 0 saturated carbocycles. The molecule has 0 unspecified atom stereocenters. The quantitative estimate of drug-likeness (QED) is 0.700. The van der Waals surface area contributed by atoms with E-state index in [-0.39, 0.29) is 17.8 Å². The molecule has 9 nitrogen and oxygen atoms in total. The number of nitrogens with zero attached hydrogens (tertiary/aromatic N) is 8. The van der Waals surface area contributed by atoms with E-state index in [9.17, 15) is 0 Å². The number of fused-ring (bicyclic) bond motifs is 1. The standard InChI is InChI=1S/C12H9N9/c1-20-11-9(8(19-20)2-3-13)12(17-6-16-11)21-10(15)7(4-14)5-18-21/h5-6H,2,15H2,1H3. The Bertz CT molecular complexity index is 919. The van der Waals surface area contributed by atoms with E-state index >= 15 is 0 Å². The third kappa shape index (κ3) is 1.76. The summed E-state index contributed by atoms with van der Waals surface area (Å²) in [5.41, 5.74) is 7.26. The number of nitrogen functional groups attached to an aromatic ring is 1. The van der Waals surface area contributed by atoms with Crippen molar-refractivity contribution in [2.45, 2.75) is 6.42 Å². The van der Waals surface area contributed by atoms with Gasteiger partial charge in [0.15, 0.2) is 11.5 Å². The zero-order valence-corrected chi connectivity index (χ0v) is 11.0. The highest BCUT2D eigenvalue weighted by Crippen LogP contribution is 2.24. The molecule has 0 amide bonds. The molecule has 2 N–H and O–H groups in total. The smallest absolute Gasteiger partial charge is 0.170 e. The maximum absolute atomic E-state index is 8.96. The second-order valence-corrected chi connectivity index (χ2v) is 4.27. The van der Waals surface area contributed by atoms with Crippen molar-refractivity contribution < 1.29 is 0 Å². The van der Waals surface area contributed by atoms with Crippen molar-refractivity contribution in [3.8, 4) is 18.0 Å². The first kappa shape index (κ1) is 12.6. The summed E-state index contributed by atoms with van der Waals surface area (Å²) in [4.78, 5) is 8.34. The van der Waals surface area contributed by atoms with Gasteiger partial charge in [-0.1, -0.05) is 0 Å². The average Bonchev–Trinajstić information content (AvgIpc) is 3.01. The molecule has 0 saturated heterocycles. The van der Waals surface area contributed by atoms with E-state index in [1.54, 1.807) is 11.7 Å². The van der Waals surface area contributed by atoms with Gasteiger partial charge in [-0.25, -0.2) is 14.6 Å². The van der Waals surface area contributed by atoms with E-state index in [4.69, 9.17) is 16.3 Å². The summed E-state index contributed by atoms with van der Waals surface area (Å²) < 4.78 is 2.92. The van der Waals surface area contributed by atoms with Gasteiger partial charge < -0.3 is 5.73 Å². The number of hydrogen-bond acceptors (Lipinski definition) is 7. The van der Waals surface area contributed by atoms with E-state index in [1.807, 2.05) is 6.07 Å². The minimum Gasteiger partial charge on any atom is -0.382 e. The number of aryl methyl sites for hydroxylation is 1. The number of aromatic nitrogens is 6. The van der Waals surface area contributed by atoms with Crippen LogP contribution < -0.4 is 5.73 Å². The molecule has 0 radical (unpaired) electrons. The Morgan fingerprint density at radius 1 is 1.33 bits per heavy atom. The Morgan fingerprint density at radius 2 is 2.14 bits per heavy atom. The summed E-state index contributed by atoms with van der Waals surface area (Å²) in [7, 11) is 1.73. The zero-order valence-electron chi connectivity index (χ0n) is 11.0. The molecule has 3 aromatic rings. The summed E-state index contributed by atoms with van der Waals surface area (Å²) in [6.07, 6.45) is 2.84. The maximum atomic E-state index is 8.96. The first-order chi connectivity index (χ1) is 10.2. The van der Waals surface area contributed by atoms with E-state index < -0.39 is 0 Å². The highest BCUT2D eigenvalue weighted by molar-refractivity contribution is 5.86. The lowest BCUT2D eigenvalue weighted by Crippen LogP contribution is -2.06. The Hall–Kier alpha value is -3.46. The minimum atomic E-state index is 0.115. The molecule has 3 aromatic heterocycles. The number of hydrogen-bond donors (Lipinski definition) is 1. The first-order valence-electron chi connectivity index (χ1n) is 5.95. The van der Waals surface area contributed by atoms with Gasteiger partial charge in [-0.3, -0.25) is 0 Å². The van der Waals surface area contributed by atoms with Crippen LogP contribution in [0.2, 0.25) is 0 Å². The third-order valence-electron chi connectivity index (χ3n) is 3.05. The lowest BCUT2D eigenvalue weighted by atomic mass is 10.2. The van der Waals surface area contributed by atoms with Crippen LogP contribution in [0.1, 0.15) is 11.3 Å². The Balaban J connectivity index is 2.35. The number of rotatable bonds is 2. The fourth-order valence-corrected chi connectivity index (χ4v) is 2.12. The SMILES string of the molecule is Cn1nc(CC#N)c2c(-n3ncc(C#N)c3N)ncnc21. The highest BCUT2D eigenvalue weighted by atomic mass is 15.4. The fourth-order valence-electron chi connectivity index (χ4n) is 2.12. The van der Waals surface area contributed by atoms with Crippen molar-refractivity contribution in [3.05, 3.63) is 23.8 Å². The Morgan fingerprint density at radius 3 is 2.81 bits per heavy atom. The van der Waals surface area contributed by atoms with Gasteiger partial charge in [-0.2, -0.15) is 25.4 Å².